The molecule has 0 spiro atoms. The van der Waals surface area contributed by atoms with E-state index < -0.39 is 5.91 Å². The van der Waals surface area contributed by atoms with Crippen LogP contribution in [0.2, 0.25) is 0 Å². The molecule has 0 bridgehead atoms. The first kappa shape index (κ1) is 15.0. The van der Waals surface area contributed by atoms with Crippen molar-refractivity contribution >= 4 is 17.5 Å². The molecule has 4 N–H and O–H groups in total. The Morgan fingerprint density at radius 1 is 1.26 bits per heavy atom. The van der Waals surface area contributed by atoms with Crippen molar-refractivity contribution in [2.45, 2.75) is 12.8 Å². The lowest BCUT2D eigenvalue weighted by atomic mass is 10.2. The third-order valence-electron chi connectivity index (χ3n) is 2.35. The normalized spacial score (nSPS) is 9.95. The van der Waals surface area contributed by atoms with Crippen molar-refractivity contribution in [1.82, 2.24) is 5.32 Å². The van der Waals surface area contributed by atoms with Gasteiger partial charge in [-0.2, -0.15) is 0 Å². The summed E-state index contributed by atoms with van der Waals surface area (Å²) in [5.74, 6) is -0.0186. The molecule has 0 fully saturated rings. The number of nitrogens with one attached hydrogen (secondary N) is 2. The zero-order valence-corrected chi connectivity index (χ0v) is 10.9. The summed E-state index contributed by atoms with van der Waals surface area (Å²) in [5, 5.41) is 5.76. The highest BCUT2D eigenvalue weighted by atomic mass is 16.5. The zero-order chi connectivity index (χ0) is 14.1. The number of amides is 2. The number of anilines is 1. The van der Waals surface area contributed by atoms with Gasteiger partial charge in [-0.05, 0) is 44.3 Å². The Balaban J connectivity index is 2.39. The van der Waals surface area contributed by atoms with Crippen molar-refractivity contribution in [2.75, 3.05) is 25.5 Å². The van der Waals surface area contributed by atoms with Crippen LogP contribution in [0.25, 0.3) is 0 Å². The van der Waals surface area contributed by atoms with Crippen LogP contribution in [0, 0.1) is 0 Å². The lowest BCUT2D eigenvalue weighted by Crippen LogP contribution is -2.20. The van der Waals surface area contributed by atoms with Gasteiger partial charge in [0.2, 0.25) is 5.91 Å². The fraction of sp³-hybridized carbons (Fsp3) is 0.385. The van der Waals surface area contributed by atoms with E-state index in [4.69, 9.17) is 10.5 Å². The molecule has 1 rings (SSSR count). The molecular weight excluding hydrogens is 246 g/mol. The van der Waals surface area contributed by atoms with E-state index in [1.54, 1.807) is 24.3 Å². The highest BCUT2D eigenvalue weighted by Crippen LogP contribution is 2.15. The number of carbonyl (C=O) groups excluding carboxylic acids is 2. The van der Waals surface area contributed by atoms with E-state index >= 15 is 0 Å². The first-order valence-electron chi connectivity index (χ1n) is 6.07. The maximum atomic E-state index is 11.6. The Morgan fingerprint density at radius 2 is 1.95 bits per heavy atom. The third-order valence-corrected chi connectivity index (χ3v) is 2.35. The van der Waals surface area contributed by atoms with Gasteiger partial charge < -0.3 is 21.1 Å². The maximum absolute atomic E-state index is 11.6. The molecule has 0 unspecified atom stereocenters. The summed E-state index contributed by atoms with van der Waals surface area (Å²) in [5.41, 5.74) is 5.66. The van der Waals surface area contributed by atoms with Crippen molar-refractivity contribution in [3.05, 3.63) is 24.3 Å². The average Bonchev–Trinajstić information content (AvgIpc) is 2.38. The summed E-state index contributed by atoms with van der Waals surface area (Å²) in [6.45, 7) is 0.656. The van der Waals surface area contributed by atoms with E-state index in [-0.39, 0.29) is 12.5 Å². The average molecular weight is 265 g/mol. The Labute approximate surface area is 112 Å². The molecular formula is C13H19N3O3. The lowest BCUT2D eigenvalue weighted by Gasteiger charge is -2.07. The smallest absolute Gasteiger partial charge is 0.255 e. The number of nitrogens with two attached hydrogens (primary N) is 1. The standard InChI is InChI=1S/C13H19N3O3/c1-15-8-2-3-13(18)16-10-4-6-11(7-5-10)19-9-12(14)17/h4-7,15H,2-3,8-9H2,1H3,(H2,14,17)(H,16,18). The maximum Gasteiger partial charge on any atom is 0.255 e. The minimum atomic E-state index is -0.526. The number of primary amides is 1. The minimum Gasteiger partial charge on any atom is -0.484 e. The van der Waals surface area contributed by atoms with E-state index in [0.717, 1.165) is 13.0 Å². The van der Waals surface area contributed by atoms with Gasteiger partial charge in [0.1, 0.15) is 5.75 Å². The molecule has 104 valence electrons. The molecule has 0 radical (unpaired) electrons. The molecule has 0 aliphatic rings. The molecule has 0 aliphatic carbocycles. The molecule has 19 heavy (non-hydrogen) atoms. The minimum absolute atomic E-state index is 0.0268. The molecule has 6 nitrogen and oxygen atoms in total. The monoisotopic (exact) mass is 265 g/mol. The van der Waals surface area contributed by atoms with E-state index in [0.29, 0.717) is 17.9 Å². The molecule has 0 saturated heterocycles. The predicted molar refractivity (Wildman–Crippen MR) is 72.9 cm³/mol. The van der Waals surface area contributed by atoms with E-state index in [1.807, 2.05) is 7.05 Å². The Morgan fingerprint density at radius 3 is 2.53 bits per heavy atom. The molecule has 1 aromatic carbocycles. The summed E-state index contributed by atoms with van der Waals surface area (Å²) >= 11 is 0. The van der Waals surface area contributed by atoms with Crippen molar-refractivity contribution in [3.8, 4) is 5.75 Å². The number of benzene rings is 1. The number of hydrogen-bond donors (Lipinski definition) is 3. The highest BCUT2D eigenvalue weighted by Gasteiger charge is 2.02. The van der Waals surface area contributed by atoms with Gasteiger partial charge in [-0.15, -0.1) is 0 Å². The molecule has 1 aromatic rings. The number of carbonyl (C=O) groups is 2. The van der Waals surface area contributed by atoms with Gasteiger partial charge in [0.15, 0.2) is 6.61 Å². The van der Waals surface area contributed by atoms with Crippen molar-refractivity contribution in [3.63, 3.8) is 0 Å². The van der Waals surface area contributed by atoms with E-state index in [9.17, 15) is 9.59 Å². The van der Waals surface area contributed by atoms with E-state index in [1.165, 1.54) is 0 Å². The summed E-state index contributed by atoms with van der Waals surface area (Å²) in [6, 6.07) is 6.77. The quantitative estimate of drug-likeness (QED) is 0.596. The second-order valence-electron chi connectivity index (χ2n) is 4.03. The van der Waals surface area contributed by atoms with Gasteiger partial charge in [0.05, 0.1) is 0 Å². The first-order chi connectivity index (χ1) is 9.11. The third kappa shape index (κ3) is 6.42. The fourth-order valence-electron chi connectivity index (χ4n) is 1.44. The van der Waals surface area contributed by atoms with Gasteiger partial charge >= 0.3 is 0 Å². The van der Waals surface area contributed by atoms with Crippen LogP contribution in [0.1, 0.15) is 12.8 Å². The summed E-state index contributed by atoms with van der Waals surface area (Å²) in [7, 11) is 1.85. The molecule has 0 atom stereocenters. The van der Waals surface area contributed by atoms with Crippen LogP contribution in [0.5, 0.6) is 5.75 Å². The van der Waals surface area contributed by atoms with E-state index in [2.05, 4.69) is 10.6 Å². The van der Waals surface area contributed by atoms with Crippen LogP contribution in [0.3, 0.4) is 0 Å². The fourth-order valence-corrected chi connectivity index (χ4v) is 1.44. The molecule has 6 heteroatoms. The second-order valence-corrected chi connectivity index (χ2v) is 4.03. The van der Waals surface area contributed by atoms with Crippen LogP contribution in [0.15, 0.2) is 24.3 Å². The molecule has 2 amide bonds. The summed E-state index contributed by atoms with van der Waals surface area (Å²) in [6.07, 6.45) is 1.27. The molecule has 0 heterocycles. The van der Waals surface area contributed by atoms with Gasteiger partial charge in [-0.25, -0.2) is 0 Å². The van der Waals surface area contributed by atoms with Crippen molar-refractivity contribution < 1.29 is 14.3 Å². The first-order valence-corrected chi connectivity index (χ1v) is 6.07. The second kappa shape index (κ2) is 8.10. The van der Waals surface area contributed by atoms with Crippen LogP contribution >= 0.6 is 0 Å². The van der Waals surface area contributed by atoms with Crippen LogP contribution in [0.4, 0.5) is 5.69 Å². The van der Waals surface area contributed by atoms with Crippen molar-refractivity contribution in [1.29, 1.82) is 0 Å². The lowest BCUT2D eigenvalue weighted by molar-refractivity contribution is -0.120. The molecule has 0 aliphatic heterocycles. The SMILES string of the molecule is CNCCCC(=O)Nc1ccc(OCC(N)=O)cc1. The van der Waals surface area contributed by atoms with Gasteiger partial charge in [-0.3, -0.25) is 9.59 Å². The number of hydrogen-bond acceptors (Lipinski definition) is 4. The van der Waals surface area contributed by atoms with Crippen LogP contribution < -0.4 is 21.1 Å². The van der Waals surface area contributed by atoms with Gasteiger partial charge in [-0.1, -0.05) is 0 Å². The molecule has 0 aromatic heterocycles. The Kier molecular flexibility index (Phi) is 6.38. The predicted octanol–water partition coefficient (Wildman–Crippen LogP) is 0.489. The summed E-state index contributed by atoms with van der Waals surface area (Å²) in [4.78, 5) is 22.1. The van der Waals surface area contributed by atoms with Crippen molar-refractivity contribution in [2.24, 2.45) is 5.73 Å². The number of rotatable bonds is 8. The topological polar surface area (TPSA) is 93.4 Å². The summed E-state index contributed by atoms with van der Waals surface area (Å²) < 4.78 is 5.11. The Hall–Kier alpha value is -2.08. The number of ether oxygens (including phenoxy) is 1. The Bertz CT molecular complexity index is 418. The van der Waals surface area contributed by atoms with Crippen LogP contribution in [-0.2, 0) is 9.59 Å². The van der Waals surface area contributed by atoms with Crippen LogP contribution in [-0.4, -0.2) is 32.0 Å². The largest absolute Gasteiger partial charge is 0.484 e. The van der Waals surface area contributed by atoms with Gasteiger partial charge in [0.25, 0.3) is 5.91 Å². The highest BCUT2D eigenvalue weighted by molar-refractivity contribution is 5.90. The zero-order valence-electron chi connectivity index (χ0n) is 10.9. The van der Waals surface area contributed by atoms with Gasteiger partial charge in [0, 0.05) is 12.1 Å². The molecule has 0 saturated carbocycles.